The lowest BCUT2D eigenvalue weighted by Gasteiger charge is -2.07. The number of rotatable bonds is 7. The van der Waals surface area contributed by atoms with Crippen LogP contribution in [0.5, 0.6) is 0 Å². The summed E-state index contributed by atoms with van der Waals surface area (Å²) in [5.41, 5.74) is 7.51. The molecule has 16 heavy (non-hydrogen) atoms. The fourth-order valence-electron chi connectivity index (χ4n) is 1.24. The van der Waals surface area contributed by atoms with E-state index in [1.807, 2.05) is 24.3 Å². The second-order valence-electron chi connectivity index (χ2n) is 4.26. The number of nitrogens with two attached hydrogens (primary N) is 1. The number of hydrogen-bond acceptors (Lipinski definition) is 3. The minimum Gasteiger partial charge on any atom is -0.399 e. The highest BCUT2D eigenvalue weighted by Gasteiger charge is 1.95. The van der Waals surface area contributed by atoms with Crippen molar-refractivity contribution in [3.63, 3.8) is 0 Å². The lowest BCUT2D eigenvalue weighted by atomic mass is 10.2. The molecule has 0 saturated heterocycles. The van der Waals surface area contributed by atoms with E-state index in [-0.39, 0.29) is 0 Å². The Bertz CT molecular complexity index is 282. The number of benzene rings is 1. The molecule has 1 aromatic rings. The van der Waals surface area contributed by atoms with E-state index in [2.05, 4.69) is 13.8 Å². The Morgan fingerprint density at radius 3 is 2.31 bits per heavy atom. The maximum Gasteiger partial charge on any atom is 0.0718 e. The Morgan fingerprint density at radius 1 is 1.06 bits per heavy atom. The summed E-state index contributed by atoms with van der Waals surface area (Å²) in [6.45, 7) is 6.98. The van der Waals surface area contributed by atoms with Crippen LogP contribution in [0, 0.1) is 5.92 Å². The zero-order valence-electron chi connectivity index (χ0n) is 10.1. The molecule has 2 N–H and O–H groups in total. The molecule has 0 aliphatic heterocycles. The largest absolute Gasteiger partial charge is 0.399 e. The van der Waals surface area contributed by atoms with Crippen LogP contribution in [0.15, 0.2) is 24.3 Å². The smallest absolute Gasteiger partial charge is 0.0718 e. The lowest BCUT2D eigenvalue weighted by molar-refractivity contribution is 0.0314. The molecule has 3 nitrogen and oxygen atoms in total. The molecule has 3 heteroatoms. The standard InChI is InChI=1S/C13H21NO2/c1-11(2)9-15-7-8-16-10-12-3-5-13(14)6-4-12/h3-6,11H,7-10,14H2,1-2H3. The van der Waals surface area contributed by atoms with Gasteiger partial charge in [0.1, 0.15) is 0 Å². The van der Waals surface area contributed by atoms with Gasteiger partial charge in [-0.1, -0.05) is 26.0 Å². The third-order valence-electron chi connectivity index (χ3n) is 2.07. The van der Waals surface area contributed by atoms with Crippen molar-refractivity contribution in [1.29, 1.82) is 0 Å². The van der Waals surface area contributed by atoms with Crippen molar-refractivity contribution < 1.29 is 9.47 Å². The van der Waals surface area contributed by atoms with Gasteiger partial charge in [-0.05, 0) is 23.6 Å². The molecule has 0 aliphatic rings. The number of nitrogen functional groups attached to an aromatic ring is 1. The molecule has 1 rings (SSSR count). The maximum absolute atomic E-state index is 5.59. The first kappa shape index (κ1) is 13.0. The summed E-state index contributed by atoms with van der Waals surface area (Å²) in [7, 11) is 0. The minimum atomic E-state index is 0.581. The van der Waals surface area contributed by atoms with Gasteiger partial charge in [0.2, 0.25) is 0 Å². The van der Waals surface area contributed by atoms with E-state index in [1.54, 1.807) is 0 Å². The van der Waals surface area contributed by atoms with E-state index >= 15 is 0 Å². The first-order valence-corrected chi connectivity index (χ1v) is 5.68. The van der Waals surface area contributed by atoms with Gasteiger partial charge >= 0.3 is 0 Å². The lowest BCUT2D eigenvalue weighted by Crippen LogP contribution is -2.08. The molecule has 0 aromatic heterocycles. The van der Waals surface area contributed by atoms with Gasteiger partial charge in [0.05, 0.1) is 19.8 Å². The molecule has 0 saturated carbocycles. The van der Waals surface area contributed by atoms with Crippen LogP contribution in [-0.2, 0) is 16.1 Å². The molecular formula is C13H21NO2. The van der Waals surface area contributed by atoms with Crippen molar-refractivity contribution in [2.45, 2.75) is 20.5 Å². The second-order valence-corrected chi connectivity index (χ2v) is 4.26. The highest BCUT2D eigenvalue weighted by Crippen LogP contribution is 2.06. The third-order valence-corrected chi connectivity index (χ3v) is 2.07. The molecule has 0 radical (unpaired) electrons. The van der Waals surface area contributed by atoms with E-state index in [1.165, 1.54) is 0 Å². The van der Waals surface area contributed by atoms with Crippen molar-refractivity contribution >= 4 is 5.69 Å². The van der Waals surface area contributed by atoms with E-state index in [0.29, 0.717) is 25.7 Å². The van der Waals surface area contributed by atoms with Crippen LogP contribution in [0.2, 0.25) is 0 Å². The Kier molecular flexibility index (Phi) is 5.90. The predicted molar refractivity (Wildman–Crippen MR) is 66.2 cm³/mol. The number of hydrogen-bond donors (Lipinski definition) is 1. The van der Waals surface area contributed by atoms with Crippen LogP contribution in [0.1, 0.15) is 19.4 Å². The number of anilines is 1. The molecule has 0 unspecified atom stereocenters. The molecule has 0 amide bonds. The first-order chi connectivity index (χ1) is 7.68. The van der Waals surface area contributed by atoms with Gasteiger partial charge in [0.15, 0.2) is 0 Å². The van der Waals surface area contributed by atoms with Gasteiger partial charge in [0, 0.05) is 12.3 Å². The molecule has 0 bridgehead atoms. The monoisotopic (exact) mass is 223 g/mol. The van der Waals surface area contributed by atoms with Crippen molar-refractivity contribution in [2.24, 2.45) is 5.92 Å². The van der Waals surface area contributed by atoms with Crippen LogP contribution >= 0.6 is 0 Å². The maximum atomic E-state index is 5.59. The van der Waals surface area contributed by atoms with Crippen molar-refractivity contribution in [1.82, 2.24) is 0 Å². The van der Waals surface area contributed by atoms with Crippen LogP contribution in [-0.4, -0.2) is 19.8 Å². The highest BCUT2D eigenvalue weighted by atomic mass is 16.5. The van der Waals surface area contributed by atoms with Crippen LogP contribution in [0.4, 0.5) is 5.69 Å². The quantitative estimate of drug-likeness (QED) is 0.570. The summed E-state index contributed by atoms with van der Waals surface area (Å²) in [4.78, 5) is 0. The van der Waals surface area contributed by atoms with Crippen LogP contribution in [0.25, 0.3) is 0 Å². The van der Waals surface area contributed by atoms with Crippen molar-refractivity contribution in [2.75, 3.05) is 25.6 Å². The Hall–Kier alpha value is -1.06. The van der Waals surface area contributed by atoms with E-state index in [9.17, 15) is 0 Å². The Labute approximate surface area is 97.6 Å². The predicted octanol–water partition coefficient (Wildman–Crippen LogP) is 2.46. The summed E-state index contributed by atoms with van der Waals surface area (Å²) < 4.78 is 10.9. The SMILES string of the molecule is CC(C)COCCOCc1ccc(N)cc1. The summed E-state index contributed by atoms with van der Waals surface area (Å²) in [6, 6.07) is 7.72. The molecule has 0 spiro atoms. The fraction of sp³-hybridized carbons (Fsp3) is 0.538. The van der Waals surface area contributed by atoms with Gasteiger partial charge in [0.25, 0.3) is 0 Å². The van der Waals surface area contributed by atoms with E-state index < -0.39 is 0 Å². The van der Waals surface area contributed by atoms with Crippen molar-refractivity contribution in [3.05, 3.63) is 29.8 Å². The fourth-order valence-corrected chi connectivity index (χ4v) is 1.24. The molecular weight excluding hydrogens is 202 g/mol. The number of ether oxygens (including phenoxy) is 2. The first-order valence-electron chi connectivity index (χ1n) is 5.68. The van der Waals surface area contributed by atoms with E-state index in [0.717, 1.165) is 17.9 Å². The summed E-state index contributed by atoms with van der Waals surface area (Å²) in [5.74, 6) is 0.581. The van der Waals surface area contributed by atoms with Crippen LogP contribution in [0.3, 0.4) is 0 Å². The van der Waals surface area contributed by atoms with Gasteiger partial charge < -0.3 is 15.2 Å². The zero-order chi connectivity index (χ0) is 11.8. The third kappa shape index (κ3) is 5.73. The molecule has 0 aliphatic carbocycles. The van der Waals surface area contributed by atoms with Crippen LogP contribution < -0.4 is 5.73 Å². The van der Waals surface area contributed by atoms with Crippen molar-refractivity contribution in [3.8, 4) is 0 Å². The zero-order valence-corrected chi connectivity index (χ0v) is 10.1. The molecule has 0 heterocycles. The van der Waals surface area contributed by atoms with Gasteiger partial charge in [-0.25, -0.2) is 0 Å². The topological polar surface area (TPSA) is 44.5 Å². The molecule has 1 aromatic carbocycles. The van der Waals surface area contributed by atoms with E-state index in [4.69, 9.17) is 15.2 Å². The van der Waals surface area contributed by atoms with Gasteiger partial charge in [-0.2, -0.15) is 0 Å². The normalized spacial score (nSPS) is 10.9. The van der Waals surface area contributed by atoms with Gasteiger partial charge in [-0.15, -0.1) is 0 Å². The molecule has 0 atom stereocenters. The Balaban J connectivity index is 2.05. The average Bonchev–Trinajstić information content (AvgIpc) is 2.25. The summed E-state index contributed by atoms with van der Waals surface area (Å²) in [6.07, 6.45) is 0. The van der Waals surface area contributed by atoms with Gasteiger partial charge in [-0.3, -0.25) is 0 Å². The highest BCUT2D eigenvalue weighted by molar-refractivity contribution is 5.39. The summed E-state index contributed by atoms with van der Waals surface area (Å²) >= 11 is 0. The Morgan fingerprint density at radius 2 is 1.69 bits per heavy atom. The second kappa shape index (κ2) is 7.25. The average molecular weight is 223 g/mol. The summed E-state index contributed by atoms with van der Waals surface area (Å²) in [5, 5.41) is 0. The molecule has 0 fully saturated rings. The molecule has 90 valence electrons. The minimum absolute atomic E-state index is 0.581.